The van der Waals surface area contributed by atoms with Crippen LogP contribution in [0, 0.1) is 0 Å². The fraction of sp³-hybridized carbons (Fsp3) is 0.600. The molecule has 1 aromatic rings. The molecule has 0 aliphatic carbocycles. The molecule has 1 aliphatic rings. The predicted molar refractivity (Wildman–Crippen MR) is 81.0 cm³/mol. The van der Waals surface area contributed by atoms with E-state index in [0.29, 0.717) is 17.8 Å². The Kier molecular flexibility index (Phi) is 5.52. The Morgan fingerprint density at radius 3 is 2.81 bits per heavy atom. The number of carbonyl (C=O) groups excluding carboxylic acids is 2. The second-order valence-corrected chi connectivity index (χ2v) is 5.47. The van der Waals surface area contributed by atoms with Gasteiger partial charge in [0, 0.05) is 31.4 Å². The highest BCUT2D eigenvalue weighted by Crippen LogP contribution is 2.11. The number of aromatic amines is 1. The van der Waals surface area contributed by atoms with E-state index in [1.54, 1.807) is 18.3 Å². The lowest BCUT2D eigenvalue weighted by atomic mass is 10.1. The lowest BCUT2D eigenvalue weighted by Crippen LogP contribution is -2.58. The fourth-order valence-electron chi connectivity index (χ4n) is 2.69. The Hall–Kier alpha value is -1.66. The first kappa shape index (κ1) is 15.7. The molecule has 1 fully saturated rings. The van der Waals surface area contributed by atoms with E-state index in [-0.39, 0.29) is 18.4 Å². The van der Waals surface area contributed by atoms with Crippen LogP contribution in [0.4, 0.5) is 0 Å². The molecule has 0 radical (unpaired) electrons. The van der Waals surface area contributed by atoms with Gasteiger partial charge in [0.15, 0.2) is 0 Å². The van der Waals surface area contributed by atoms with Crippen molar-refractivity contribution in [3.63, 3.8) is 0 Å². The number of piperazine rings is 1. The van der Waals surface area contributed by atoms with Crippen LogP contribution >= 0.6 is 0 Å². The topological polar surface area (TPSA) is 77.2 Å². The van der Waals surface area contributed by atoms with Crippen molar-refractivity contribution in [2.45, 2.75) is 38.8 Å². The highest BCUT2D eigenvalue weighted by atomic mass is 16.2. The second-order valence-electron chi connectivity index (χ2n) is 5.47. The number of amides is 2. The van der Waals surface area contributed by atoms with Crippen LogP contribution in [-0.4, -0.2) is 53.4 Å². The molecule has 2 rings (SSSR count). The molecule has 0 spiro atoms. The van der Waals surface area contributed by atoms with Crippen LogP contribution in [0.15, 0.2) is 18.3 Å². The van der Waals surface area contributed by atoms with Gasteiger partial charge in [-0.25, -0.2) is 0 Å². The molecule has 6 heteroatoms. The zero-order valence-corrected chi connectivity index (χ0v) is 12.7. The van der Waals surface area contributed by atoms with E-state index in [0.717, 1.165) is 25.9 Å². The minimum Gasteiger partial charge on any atom is -0.357 e. The molecule has 2 amide bonds. The van der Waals surface area contributed by atoms with Crippen LogP contribution in [0.3, 0.4) is 0 Å². The number of carbonyl (C=O) groups is 2. The normalized spacial score (nSPS) is 23.0. The quantitative estimate of drug-likeness (QED) is 0.748. The Bertz CT molecular complexity index is 472. The Balaban J connectivity index is 1.89. The minimum absolute atomic E-state index is 0.246. The number of imide groups is 1. The van der Waals surface area contributed by atoms with Gasteiger partial charge in [-0.3, -0.25) is 19.8 Å². The average molecular weight is 292 g/mol. The largest absolute Gasteiger partial charge is 0.357 e. The first-order valence-electron chi connectivity index (χ1n) is 7.59. The summed E-state index contributed by atoms with van der Waals surface area (Å²) in [5.74, 6) is -0.620. The van der Waals surface area contributed by atoms with Gasteiger partial charge in [-0.05, 0) is 25.0 Å². The number of hydrogen-bond acceptors (Lipinski definition) is 4. The van der Waals surface area contributed by atoms with Crippen molar-refractivity contribution in [1.29, 1.82) is 0 Å². The van der Waals surface area contributed by atoms with Crippen molar-refractivity contribution in [3.8, 4) is 0 Å². The molecular formula is C15H24N4O2. The summed E-state index contributed by atoms with van der Waals surface area (Å²) in [7, 11) is 0. The Labute approximate surface area is 125 Å². The van der Waals surface area contributed by atoms with E-state index in [1.807, 2.05) is 0 Å². The van der Waals surface area contributed by atoms with Gasteiger partial charge in [-0.1, -0.05) is 13.8 Å². The molecule has 1 aliphatic heterocycles. The van der Waals surface area contributed by atoms with Gasteiger partial charge in [0.1, 0.15) is 5.69 Å². The predicted octanol–water partition coefficient (Wildman–Crippen LogP) is 0.734. The van der Waals surface area contributed by atoms with E-state index in [2.05, 4.69) is 34.4 Å². The van der Waals surface area contributed by atoms with E-state index in [1.165, 1.54) is 0 Å². The lowest BCUT2D eigenvalue weighted by molar-refractivity contribution is -0.122. The second kappa shape index (κ2) is 7.38. The monoisotopic (exact) mass is 292 g/mol. The van der Waals surface area contributed by atoms with Crippen LogP contribution in [0.25, 0.3) is 0 Å². The Morgan fingerprint density at radius 2 is 2.19 bits per heavy atom. The molecule has 1 aromatic heterocycles. The van der Waals surface area contributed by atoms with Crippen molar-refractivity contribution < 1.29 is 9.59 Å². The summed E-state index contributed by atoms with van der Waals surface area (Å²) in [5, 5.41) is 5.93. The molecule has 2 unspecified atom stereocenters. The molecule has 21 heavy (non-hydrogen) atoms. The number of nitrogens with zero attached hydrogens (tertiary/aromatic N) is 1. The zero-order valence-electron chi connectivity index (χ0n) is 12.7. The molecule has 2 heterocycles. The summed E-state index contributed by atoms with van der Waals surface area (Å²) in [6, 6.07) is 4.14. The van der Waals surface area contributed by atoms with Gasteiger partial charge in [-0.15, -0.1) is 0 Å². The van der Waals surface area contributed by atoms with E-state index < -0.39 is 0 Å². The lowest BCUT2D eigenvalue weighted by Gasteiger charge is -2.39. The van der Waals surface area contributed by atoms with Crippen LogP contribution in [0.1, 0.15) is 37.2 Å². The van der Waals surface area contributed by atoms with Crippen molar-refractivity contribution in [3.05, 3.63) is 24.0 Å². The number of nitrogens with one attached hydrogen (secondary N) is 3. The molecule has 3 N–H and O–H groups in total. The van der Waals surface area contributed by atoms with Crippen molar-refractivity contribution >= 4 is 11.8 Å². The third-order valence-corrected chi connectivity index (χ3v) is 4.02. The molecule has 1 saturated heterocycles. The smallest absolute Gasteiger partial charge is 0.274 e. The first-order valence-corrected chi connectivity index (χ1v) is 7.59. The number of aromatic nitrogens is 1. The van der Waals surface area contributed by atoms with Gasteiger partial charge in [0.2, 0.25) is 5.91 Å². The molecular weight excluding hydrogens is 268 g/mol. The maximum Gasteiger partial charge on any atom is 0.274 e. The van der Waals surface area contributed by atoms with Crippen LogP contribution < -0.4 is 10.6 Å². The van der Waals surface area contributed by atoms with Gasteiger partial charge < -0.3 is 10.3 Å². The SMILES string of the molecule is CCC1CN(CC(=O)NC(=O)c2ccc[nH]2)C(CC)CN1. The van der Waals surface area contributed by atoms with Crippen molar-refractivity contribution in [2.75, 3.05) is 19.6 Å². The zero-order chi connectivity index (χ0) is 15.2. The Morgan fingerprint density at radius 1 is 1.38 bits per heavy atom. The number of hydrogen-bond donors (Lipinski definition) is 3. The summed E-state index contributed by atoms with van der Waals surface area (Å²) < 4.78 is 0. The molecule has 0 saturated carbocycles. The van der Waals surface area contributed by atoms with Crippen molar-refractivity contribution in [2.24, 2.45) is 0 Å². The number of H-pyrrole nitrogens is 1. The van der Waals surface area contributed by atoms with E-state index in [9.17, 15) is 9.59 Å². The third-order valence-electron chi connectivity index (χ3n) is 4.02. The summed E-state index contributed by atoms with van der Waals surface area (Å²) in [4.78, 5) is 28.9. The highest BCUT2D eigenvalue weighted by molar-refractivity contribution is 6.04. The van der Waals surface area contributed by atoms with Crippen molar-refractivity contribution in [1.82, 2.24) is 20.5 Å². The fourth-order valence-corrected chi connectivity index (χ4v) is 2.69. The van der Waals surface area contributed by atoms with E-state index >= 15 is 0 Å². The first-order chi connectivity index (χ1) is 10.1. The molecule has 0 bridgehead atoms. The molecule has 2 atom stereocenters. The van der Waals surface area contributed by atoms with Gasteiger partial charge in [-0.2, -0.15) is 0 Å². The van der Waals surface area contributed by atoms with Crippen LogP contribution in [0.5, 0.6) is 0 Å². The standard InChI is InChI=1S/C15H24N4O2/c1-3-11-9-19(12(4-2)8-17-11)10-14(20)18-15(21)13-6-5-7-16-13/h5-7,11-12,16-17H,3-4,8-10H2,1-2H3,(H,18,20,21). The minimum atomic E-state index is -0.375. The van der Waals surface area contributed by atoms with Gasteiger partial charge >= 0.3 is 0 Å². The van der Waals surface area contributed by atoms with Crippen LogP contribution in [-0.2, 0) is 4.79 Å². The maximum atomic E-state index is 12.1. The molecule has 0 aromatic carbocycles. The van der Waals surface area contributed by atoms with Gasteiger partial charge in [0.05, 0.1) is 6.54 Å². The summed E-state index contributed by atoms with van der Waals surface area (Å²) in [5.41, 5.74) is 0.405. The summed E-state index contributed by atoms with van der Waals surface area (Å²) >= 11 is 0. The summed E-state index contributed by atoms with van der Waals surface area (Å²) in [6.45, 7) is 6.26. The number of rotatable bonds is 5. The summed E-state index contributed by atoms with van der Waals surface area (Å²) in [6.07, 6.45) is 3.69. The highest BCUT2D eigenvalue weighted by Gasteiger charge is 2.27. The van der Waals surface area contributed by atoms with E-state index in [4.69, 9.17) is 0 Å². The third kappa shape index (κ3) is 4.15. The van der Waals surface area contributed by atoms with Crippen LogP contribution in [0.2, 0.25) is 0 Å². The maximum absolute atomic E-state index is 12.1. The average Bonchev–Trinajstić information content (AvgIpc) is 3.01. The molecule has 116 valence electrons. The van der Waals surface area contributed by atoms with Gasteiger partial charge in [0.25, 0.3) is 5.91 Å². The molecule has 6 nitrogen and oxygen atoms in total.